The van der Waals surface area contributed by atoms with Gasteiger partial charge in [0, 0.05) is 26.0 Å². The van der Waals surface area contributed by atoms with Crippen LogP contribution in [-0.2, 0) is 11.2 Å². The Morgan fingerprint density at radius 3 is 3.00 bits per heavy atom. The molecule has 0 bridgehead atoms. The van der Waals surface area contributed by atoms with E-state index in [4.69, 9.17) is 0 Å². The largest absolute Gasteiger partial charge is 0.344 e. The first kappa shape index (κ1) is 12.6. The molecule has 0 fully saturated rings. The molecular formula is C12H19N3O. The Bertz CT molecular complexity index is 313. The molecule has 0 saturated carbocycles. The number of carbonyl (C=O) groups is 1. The number of hydrogen-bond acceptors (Lipinski definition) is 3. The lowest BCUT2D eigenvalue weighted by Gasteiger charge is -2.17. The molecule has 1 heterocycles. The van der Waals surface area contributed by atoms with E-state index in [1.54, 1.807) is 11.1 Å². The Hall–Kier alpha value is -1.42. The van der Waals surface area contributed by atoms with Crippen LogP contribution in [0.1, 0.15) is 12.5 Å². The molecule has 1 aromatic rings. The predicted molar refractivity (Wildman–Crippen MR) is 64.1 cm³/mol. The molecule has 1 amide bonds. The molecule has 4 nitrogen and oxygen atoms in total. The minimum Gasteiger partial charge on any atom is -0.344 e. The average Bonchev–Trinajstić information content (AvgIpc) is 2.34. The summed E-state index contributed by atoms with van der Waals surface area (Å²) in [5.74, 6) is 0.130. The highest BCUT2D eigenvalue weighted by Crippen LogP contribution is 1.98. The lowest BCUT2D eigenvalue weighted by molar-refractivity contribution is -0.128. The maximum Gasteiger partial charge on any atom is 0.236 e. The molecule has 0 unspecified atom stereocenters. The summed E-state index contributed by atoms with van der Waals surface area (Å²) in [6, 6.07) is 3.94. The summed E-state index contributed by atoms with van der Waals surface area (Å²) in [4.78, 5) is 17.4. The first-order valence-corrected chi connectivity index (χ1v) is 5.57. The molecule has 0 radical (unpaired) electrons. The molecule has 1 aromatic heterocycles. The maximum absolute atomic E-state index is 11.6. The number of likely N-dealkylation sites (N-methyl/N-ethyl adjacent to an activating group) is 2. The third kappa shape index (κ3) is 4.40. The smallest absolute Gasteiger partial charge is 0.236 e. The van der Waals surface area contributed by atoms with Crippen LogP contribution in [0.5, 0.6) is 0 Å². The zero-order valence-electron chi connectivity index (χ0n) is 9.94. The van der Waals surface area contributed by atoms with Crippen molar-refractivity contribution in [3.05, 3.63) is 30.1 Å². The molecule has 0 saturated heterocycles. The van der Waals surface area contributed by atoms with Gasteiger partial charge in [-0.05, 0) is 24.6 Å². The van der Waals surface area contributed by atoms with E-state index in [1.807, 2.05) is 32.3 Å². The van der Waals surface area contributed by atoms with E-state index in [9.17, 15) is 4.79 Å². The fraction of sp³-hybridized carbons (Fsp3) is 0.500. The van der Waals surface area contributed by atoms with E-state index in [1.165, 1.54) is 0 Å². The molecule has 1 rings (SSSR count). The molecule has 1 N–H and O–H groups in total. The fourth-order valence-corrected chi connectivity index (χ4v) is 1.33. The molecule has 4 heteroatoms. The minimum atomic E-state index is 0.130. The highest BCUT2D eigenvalue weighted by Gasteiger charge is 2.07. The summed E-state index contributed by atoms with van der Waals surface area (Å²) in [7, 11) is 1.83. The number of aromatic nitrogens is 1. The molecule has 0 aromatic carbocycles. The number of nitrogens with one attached hydrogen (secondary N) is 1. The average molecular weight is 221 g/mol. The Labute approximate surface area is 96.7 Å². The number of hydrogen-bond donors (Lipinski definition) is 1. The molecule has 88 valence electrons. The van der Waals surface area contributed by atoms with Gasteiger partial charge in [-0.3, -0.25) is 9.78 Å². The van der Waals surface area contributed by atoms with E-state index >= 15 is 0 Å². The number of nitrogens with zero attached hydrogens (tertiary/aromatic N) is 2. The topological polar surface area (TPSA) is 45.2 Å². The van der Waals surface area contributed by atoms with Crippen molar-refractivity contribution < 1.29 is 4.79 Å². The first-order valence-electron chi connectivity index (χ1n) is 5.57. The van der Waals surface area contributed by atoms with Gasteiger partial charge in [0.2, 0.25) is 5.91 Å². The van der Waals surface area contributed by atoms with Gasteiger partial charge >= 0.3 is 0 Å². The summed E-state index contributed by atoms with van der Waals surface area (Å²) in [6.45, 7) is 3.96. The fourth-order valence-electron chi connectivity index (χ4n) is 1.33. The molecular weight excluding hydrogens is 202 g/mol. The van der Waals surface area contributed by atoms with E-state index in [-0.39, 0.29) is 5.91 Å². The van der Waals surface area contributed by atoms with E-state index in [0.29, 0.717) is 6.54 Å². The van der Waals surface area contributed by atoms with Gasteiger partial charge in [-0.25, -0.2) is 0 Å². The van der Waals surface area contributed by atoms with Gasteiger partial charge in [0.05, 0.1) is 6.54 Å². The Morgan fingerprint density at radius 2 is 2.38 bits per heavy atom. The predicted octanol–water partition coefficient (Wildman–Crippen LogP) is 0.692. The second-order valence-electron chi connectivity index (χ2n) is 3.71. The maximum atomic E-state index is 11.6. The monoisotopic (exact) mass is 221 g/mol. The highest BCUT2D eigenvalue weighted by atomic mass is 16.2. The van der Waals surface area contributed by atoms with Crippen molar-refractivity contribution in [1.82, 2.24) is 15.2 Å². The molecule has 0 spiro atoms. The van der Waals surface area contributed by atoms with Crippen molar-refractivity contribution in [1.29, 1.82) is 0 Å². The zero-order valence-corrected chi connectivity index (χ0v) is 9.94. The number of rotatable bonds is 6. The first-order chi connectivity index (χ1) is 7.74. The van der Waals surface area contributed by atoms with Crippen molar-refractivity contribution in [3.63, 3.8) is 0 Å². The Morgan fingerprint density at radius 1 is 1.56 bits per heavy atom. The zero-order chi connectivity index (χ0) is 11.8. The Kier molecular flexibility index (Phi) is 5.50. The van der Waals surface area contributed by atoms with E-state index in [2.05, 4.69) is 10.3 Å². The van der Waals surface area contributed by atoms with Crippen LogP contribution in [-0.4, -0.2) is 42.5 Å². The van der Waals surface area contributed by atoms with E-state index in [0.717, 1.165) is 25.1 Å². The minimum absolute atomic E-state index is 0.130. The van der Waals surface area contributed by atoms with Crippen LogP contribution in [0.4, 0.5) is 0 Å². The molecule has 0 aliphatic carbocycles. The van der Waals surface area contributed by atoms with Crippen LogP contribution in [0.3, 0.4) is 0 Å². The standard InChI is InChI=1S/C12H19N3O/c1-3-13-10-12(16)15(2)8-6-11-5-4-7-14-9-11/h4-5,7,9,13H,3,6,8,10H2,1-2H3. The van der Waals surface area contributed by atoms with Gasteiger partial charge in [0.25, 0.3) is 0 Å². The summed E-state index contributed by atoms with van der Waals surface area (Å²) < 4.78 is 0. The van der Waals surface area contributed by atoms with Gasteiger partial charge in [0.15, 0.2) is 0 Å². The van der Waals surface area contributed by atoms with Crippen molar-refractivity contribution in [3.8, 4) is 0 Å². The molecule has 0 atom stereocenters. The van der Waals surface area contributed by atoms with Crippen LogP contribution in [0, 0.1) is 0 Å². The van der Waals surface area contributed by atoms with Crippen LogP contribution in [0.25, 0.3) is 0 Å². The second-order valence-corrected chi connectivity index (χ2v) is 3.71. The lowest BCUT2D eigenvalue weighted by Crippen LogP contribution is -2.36. The highest BCUT2D eigenvalue weighted by molar-refractivity contribution is 5.77. The third-order valence-electron chi connectivity index (χ3n) is 2.41. The molecule has 16 heavy (non-hydrogen) atoms. The number of pyridine rings is 1. The van der Waals surface area contributed by atoms with Gasteiger partial charge in [-0.2, -0.15) is 0 Å². The van der Waals surface area contributed by atoms with Gasteiger partial charge < -0.3 is 10.2 Å². The third-order valence-corrected chi connectivity index (χ3v) is 2.41. The lowest BCUT2D eigenvalue weighted by atomic mass is 10.2. The summed E-state index contributed by atoms with van der Waals surface area (Å²) in [5.41, 5.74) is 1.16. The SMILES string of the molecule is CCNCC(=O)N(C)CCc1cccnc1. The van der Waals surface area contributed by atoms with E-state index < -0.39 is 0 Å². The van der Waals surface area contributed by atoms with Crippen LogP contribution >= 0.6 is 0 Å². The van der Waals surface area contributed by atoms with Gasteiger partial charge in [-0.1, -0.05) is 13.0 Å². The van der Waals surface area contributed by atoms with Crippen LogP contribution in [0.2, 0.25) is 0 Å². The van der Waals surface area contributed by atoms with Crippen LogP contribution < -0.4 is 5.32 Å². The molecule has 0 aliphatic rings. The summed E-state index contributed by atoms with van der Waals surface area (Å²) in [5, 5.41) is 3.02. The summed E-state index contributed by atoms with van der Waals surface area (Å²) >= 11 is 0. The van der Waals surface area contributed by atoms with Gasteiger partial charge in [-0.15, -0.1) is 0 Å². The number of amides is 1. The van der Waals surface area contributed by atoms with Crippen LogP contribution in [0.15, 0.2) is 24.5 Å². The van der Waals surface area contributed by atoms with Crippen molar-refractivity contribution >= 4 is 5.91 Å². The summed E-state index contributed by atoms with van der Waals surface area (Å²) in [6.07, 6.45) is 4.44. The quantitative estimate of drug-likeness (QED) is 0.769. The molecule has 0 aliphatic heterocycles. The van der Waals surface area contributed by atoms with Crippen molar-refractivity contribution in [2.75, 3.05) is 26.7 Å². The van der Waals surface area contributed by atoms with Gasteiger partial charge in [0.1, 0.15) is 0 Å². The normalized spacial score (nSPS) is 10.1. The van der Waals surface area contributed by atoms with Crippen molar-refractivity contribution in [2.45, 2.75) is 13.3 Å². The van der Waals surface area contributed by atoms with Crippen molar-refractivity contribution in [2.24, 2.45) is 0 Å². The number of carbonyl (C=O) groups excluding carboxylic acids is 1. The Balaban J connectivity index is 2.29. The second kappa shape index (κ2) is 6.95.